The van der Waals surface area contributed by atoms with Crippen LogP contribution in [0.25, 0.3) is 0 Å². The molecule has 0 unspecified atom stereocenters. The van der Waals surface area contributed by atoms with E-state index in [0.717, 1.165) is 11.4 Å². The highest BCUT2D eigenvalue weighted by molar-refractivity contribution is 6.34. The first-order chi connectivity index (χ1) is 9.08. The van der Waals surface area contributed by atoms with Gasteiger partial charge in [-0.3, -0.25) is 0 Å². The summed E-state index contributed by atoms with van der Waals surface area (Å²) in [4.78, 5) is 15.9. The van der Waals surface area contributed by atoms with Crippen molar-refractivity contribution in [3.8, 4) is 0 Å². The molecule has 0 fully saturated rings. The largest absolute Gasteiger partial charge is 0.337 e. The average Bonchev–Trinajstić information content (AvgIpc) is 2.78. The molecule has 0 aliphatic heterocycles. The summed E-state index contributed by atoms with van der Waals surface area (Å²) in [5.41, 5.74) is 1.52. The fraction of sp³-hybridized carbons (Fsp3) is 0.231. The second-order valence-electron chi connectivity index (χ2n) is 4.20. The highest BCUT2D eigenvalue weighted by atomic mass is 35.5. The number of aryl methyl sites for hydroxylation is 2. The maximum Gasteiger partial charge on any atom is 0.319 e. The normalized spacial score (nSPS) is 10.3. The molecule has 0 aliphatic carbocycles. The van der Waals surface area contributed by atoms with E-state index in [4.69, 9.17) is 11.6 Å². The number of amides is 2. The number of anilines is 1. The maximum absolute atomic E-state index is 11.8. The van der Waals surface area contributed by atoms with E-state index in [2.05, 4.69) is 15.6 Å². The van der Waals surface area contributed by atoms with Crippen molar-refractivity contribution in [2.75, 3.05) is 5.32 Å². The van der Waals surface area contributed by atoms with Gasteiger partial charge in [-0.25, -0.2) is 9.78 Å². The third kappa shape index (κ3) is 3.26. The third-order valence-corrected chi connectivity index (χ3v) is 3.27. The topological polar surface area (TPSA) is 59.0 Å². The fourth-order valence-electron chi connectivity index (χ4n) is 1.64. The van der Waals surface area contributed by atoms with Crippen molar-refractivity contribution in [3.63, 3.8) is 0 Å². The van der Waals surface area contributed by atoms with Gasteiger partial charge in [0.15, 0.2) is 0 Å². The molecule has 1 heterocycles. The Bertz CT molecular complexity index is 594. The van der Waals surface area contributed by atoms with Crippen LogP contribution in [0, 0.1) is 6.92 Å². The molecule has 5 nitrogen and oxygen atoms in total. The molecule has 2 amide bonds. The number of rotatable bonds is 3. The molecule has 0 saturated carbocycles. The van der Waals surface area contributed by atoms with Crippen molar-refractivity contribution >= 4 is 23.3 Å². The zero-order valence-corrected chi connectivity index (χ0v) is 11.5. The van der Waals surface area contributed by atoms with Gasteiger partial charge in [-0.05, 0) is 18.6 Å². The molecule has 0 spiro atoms. The van der Waals surface area contributed by atoms with E-state index >= 15 is 0 Å². The fourth-order valence-corrected chi connectivity index (χ4v) is 1.81. The summed E-state index contributed by atoms with van der Waals surface area (Å²) in [6.07, 6.45) is 3.51. The van der Waals surface area contributed by atoms with Gasteiger partial charge in [0.25, 0.3) is 0 Å². The first-order valence-electron chi connectivity index (χ1n) is 5.84. The standard InChI is InChI=1S/C13H15ClN4O/c1-9-4-3-5-10(12(9)14)17-13(19)16-8-11-15-6-7-18(11)2/h3-7H,8H2,1-2H3,(H2,16,17,19). The summed E-state index contributed by atoms with van der Waals surface area (Å²) in [6.45, 7) is 2.25. The number of nitrogens with one attached hydrogen (secondary N) is 2. The summed E-state index contributed by atoms with van der Waals surface area (Å²) in [5.74, 6) is 0.783. The molecular weight excluding hydrogens is 264 g/mol. The first kappa shape index (κ1) is 13.4. The van der Waals surface area contributed by atoms with Crippen molar-refractivity contribution in [2.45, 2.75) is 13.5 Å². The van der Waals surface area contributed by atoms with Crippen molar-refractivity contribution in [3.05, 3.63) is 47.0 Å². The Morgan fingerprint density at radius 3 is 2.95 bits per heavy atom. The van der Waals surface area contributed by atoms with Gasteiger partial charge in [-0.1, -0.05) is 23.7 Å². The van der Waals surface area contributed by atoms with Crippen LogP contribution in [0.3, 0.4) is 0 Å². The van der Waals surface area contributed by atoms with Crippen LogP contribution in [0.15, 0.2) is 30.6 Å². The molecule has 0 bridgehead atoms. The Kier molecular flexibility index (Phi) is 4.06. The van der Waals surface area contributed by atoms with Crippen LogP contribution in [0.5, 0.6) is 0 Å². The van der Waals surface area contributed by atoms with Crippen molar-refractivity contribution in [1.82, 2.24) is 14.9 Å². The maximum atomic E-state index is 11.8. The Balaban J connectivity index is 1.95. The van der Waals surface area contributed by atoms with Crippen LogP contribution in [0.4, 0.5) is 10.5 Å². The number of hydrogen-bond donors (Lipinski definition) is 2. The van der Waals surface area contributed by atoms with E-state index < -0.39 is 0 Å². The van der Waals surface area contributed by atoms with Crippen LogP contribution in [0.2, 0.25) is 5.02 Å². The molecule has 19 heavy (non-hydrogen) atoms. The van der Waals surface area contributed by atoms with Crippen LogP contribution in [-0.4, -0.2) is 15.6 Å². The van der Waals surface area contributed by atoms with Gasteiger partial charge in [0, 0.05) is 19.4 Å². The van der Waals surface area contributed by atoms with Gasteiger partial charge in [0.1, 0.15) is 5.82 Å². The van der Waals surface area contributed by atoms with E-state index in [1.165, 1.54) is 0 Å². The lowest BCUT2D eigenvalue weighted by atomic mass is 10.2. The van der Waals surface area contributed by atoms with Gasteiger partial charge >= 0.3 is 6.03 Å². The van der Waals surface area contributed by atoms with E-state index in [9.17, 15) is 4.79 Å². The Labute approximate surface area is 116 Å². The Hall–Kier alpha value is -2.01. The average molecular weight is 279 g/mol. The Morgan fingerprint density at radius 2 is 2.26 bits per heavy atom. The summed E-state index contributed by atoms with van der Waals surface area (Å²) in [6, 6.07) is 5.18. The van der Waals surface area contributed by atoms with E-state index in [-0.39, 0.29) is 6.03 Å². The molecule has 2 N–H and O–H groups in total. The lowest BCUT2D eigenvalue weighted by Crippen LogP contribution is -2.29. The van der Waals surface area contributed by atoms with Gasteiger partial charge in [-0.2, -0.15) is 0 Å². The van der Waals surface area contributed by atoms with E-state index in [1.807, 2.05) is 36.9 Å². The molecule has 1 aromatic heterocycles. The lowest BCUT2D eigenvalue weighted by molar-refractivity contribution is 0.251. The molecule has 0 aliphatic rings. The minimum absolute atomic E-state index is 0.310. The minimum Gasteiger partial charge on any atom is -0.337 e. The third-order valence-electron chi connectivity index (χ3n) is 2.77. The second kappa shape index (κ2) is 5.75. The molecule has 2 aromatic rings. The highest BCUT2D eigenvalue weighted by Gasteiger charge is 2.07. The van der Waals surface area contributed by atoms with Crippen LogP contribution >= 0.6 is 11.6 Å². The molecule has 0 radical (unpaired) electrons. The number of nitrogens with zero attached hydrogens (tertiary/aromatic N) is 2. The number of imidazole rings is 1. The zero-order valence-electron chi connectivity index (χ0n) is 10.8. The van der Waals surface area contributed by atoms with Crippen molar-refractivity contribution < 1.29 is 4.79 Å². The molecule has 100 valence electrons. The highest BCUT2D eigenvalue weighted by Crippen LogP contribution is 2.24. The van der Waals surface area contributed by atoms with Crippen LogP contribution in [0.1, 0.15) is 11.4 Å². The van der Waals surface area contributed by atoms with E-state index in [1.54, 1.807) is 12.3 Å². The predicted molar refractivity (Wildman–Crippen MR) is 75.3 cm³/mol. The van der Waals surface area contributed by atoms with E-state index in [0.29, 0.717) is 17.3 Å². The smallest absolute Gasteiger partial charge is 0.319 e. The number of halogens is 1. The Morgan fingerprint density at radius 1 is 1.47 bits per heavy atom. The first-order valence-corrected chi connectivity index (χ1v) is 6.22. The van der Waals surface area contributed by atoms with Crippen molar-refractivity contribution in [2.24, 2.45) is 7.05 Å². The molecular formula is C13H15ClN4O. The summed E-state index contributed by atoms with van der Waals surface area (Å²) < 4.78 is 1.85. The number of carbonyl (C=O) groups excluding carboxylic acids is 1. The van der Waals surface area contributed by atoms with Gasteiger partial charge < -0.3 is 15.2 Å². The summed E-state index contributed by atoms with van der Waals surface area (Å²) >= 11 is 6.10. The summed E-state index contributed by atoms with van der Waals surface area (Å²) in [7, 11) is 1.87. The molecule has 6 heteroatoms. The number of urea groups is 1. The molecule has 2 rings (SSSR count). The molecule has 0 atom stereocenters. The van der Waals surface area contributed by atoms with Crippen LogP contribution < -0.4 is 10.6 Å². The van der Waals surface area contributed by atoms with Gasteiger partial charge in [0.05, 0.1) is 17.3 Å². The summed E-state index contributed by atoms with van der Waals surface area (Å²) in [5, 5.41) is 5.99. The minimum atomic E-state index is -0.310. The van der Waals surface area contributed by atoms with Crippen LogP contribution in [-0.2, 0) is 13.6 Å². The van der Waals surface area contributed by atoms with Gasteiger partial charge in [0.2, 0.25) is 0 Å². The van der Waals surface area contributed by atoms with Crippen molar-refractivity contribution in [1.29, 1.82) is 0 Å². The predicted octanol–water partition coefficient (Wildman–Crippen LogP) is 2.70. The zero-order chi connectivity index (χ0) is 13.8. The molecule has 0 saturated heterocycles. The number of aromatic nitrogens is 2. The number of benzene rings is 1. The lowest BCUT2D eigenvalue weighted by Gasteiger charge is -2.10. The number of carbonyl (C=O) groups is 1. The van der Waals surface area contributed by atoms with Gasteiger partial charge in [-0.15, -0.1) is 0 Å². The molecule has 1 aromatic carbocycles. The SMILES string of the molecule is Cc1cccc(NC(=O)NCc2nccn2C)c1Cl. The quantitative estimate of drug-likeness (QED) is 0.907. The second-order valence-corrected chi connectivity index (χ2v) is 4.58. The number of hydrogen-bond acceptors (Lipinski definition) is 2. The monoisotopic (exact) mass is 278 g/mol.